The Morgan fingerprint density at radius 1 is 1.50 bits per heavy atom. The van der Waals surface area contributed by atoms with Crippen molar-refractivity contribution < 1.29 is 0 Å². The molecule has 2 heterocycles. The zero-order valence-corrected chi connectivity index (χ0v) is 11.8. The van der Waals surface area contributed by atoms with E-state index < -0.39 is 0 Å². The maximum Gasteiger partial charge on any atom is 0.142 e. The highest BCUT2D eigenvalue weighted by Gasteiger charge is 2.17. The van der Waals surface area contributed by atoms with Gasteiger partial charge in [0.2, 0.25) is 0 Å². The number of anilines is 1. The van der Waals surface area contributed by atoms with Crippen molar-refractivity contribution in [2.24, 2.45) is 0 Å². The predicted molar refractivity (Wildman–Crippen MR) is 76.2 cm³/mol. The molecule has 1 aromatic rings. The fourth-order valence-corrected chi connectivity index (χ4v) is 3.05. The maximum absolute atomic E-state index is 6.11. The smallest absolute Gasteiger partial charge is 0.142 e. The normalized spacial score (nSPS) is 21.4. The van der Waals surface area contributed by atoms with Gasteiger partial charge in [-0.3, -0.25) is 0 Å². The highest BCUT2D eigenvalue weighted by atomic mass is 127. The lowest BCUT2D eigenvalue weighted by Gasteiger charge is -2.12. The van der Waals surface area contributed by atoms with Gasteiger partial charge in [0.1, 0.15) is 17.3 Å². The van der Waals surface area contributed by atoms with E-state index >= 15 is 0 Å². The number of halogens is 2. The molecule has 0 bridgehead atoms. The molecule has 1 aliphatic rings. The van der Waals surface area contributed by atoms with E-state index in [1.54, 1.807) is 0 Å². The summed E-state index contributed by atoms with van der Waals surface area (Å²) in [6.45, 7) is 5.02. The molecule has 0 aliphatic carbocycles. The molecule has 86 valence electrons. The Labute approximate surface area is 114 Å². The molecule has 1 N–H and O–H groups in total. The molecule has 0 aromatic carbocycles. The zero-order chi connectivity index (χ0) is 11.5. The molecule has 1 aliphatic heterocycles. The zero-order valence-electron chi connectivity index (χ0n) is 8.84. The minimum absolute atomic E-state index is 0.494. The number of nitrogens with zero attached hydrogens (tertiary/aromatic N) is 2. The number of aromatic nitrogens is 2. The third kappa shape index (κ3) is 2.66. The molecule has 0 radical (unpaired) electrons. The Balaban J connectivity index is 2.39. The summed E-state index contributed by atoms with van der Waals surface area (Å²) >= 11 is 8.58. The summed E-state index contributed by atoms with van der Waals surface area (Å²) in [4.78, 5) is 8.25. The van der Waals surface area contributed by atoms with Crippen LogP contribution in [-0.2, 0) is 0 Å². The van der Waals surface area contributed by atoms with Crippen molar-refractivity contribution in [3.63, 3.8) is 0 Å². The van der Waals surface area contributed by atoms with Crippen molar-refractivity contribution >= 4 is 45.6 Å². The molecule has 0 saturated carbocycles. The van der Waals surface area contributed by atoms with E-state index in [1.165, 1.54) is 12.7 Å². The lowest BCUT2D eigenvalue weighted by atomic mass is 10.0. The van der Waals surface area contributed by atoms with Gasteiger partial charge in [0.25, 0.3) is 0 Å². The number of rotatable bonds is 0. The fourth-order valence-electron chi connectivity index (χ4n) is 1.81. The summed E-state index contributed by atoms with van der Waals surface area (Å²) in [5, 5.41) is 3.79. The van der Waals surface area contributed by atoms with Crippen molar-refractivity contribution in [2.45, 2.75) is 23.2 Å². The second-order valence-corrected chi connectivity index (χ2v) is 5.98. The van der Waals surface area contributed by atoms with Crippen LogP contribution in [0.1, 0.15) is 24.8 Å². The van der Waals surface area contributed by atoms with Crippen molar-refractivity contribution in [3.05, 3.63) is 23.6 Å². The summed E-state index contributed by atoms with van der Waals surface area (Å²) in [6.07, 6.45) is 4.76. The fraction of sp³-hybridized carbons (Fsp3) is 0.455. The first-order chi connectivity index (χ1) is 7.68. The molecule has 1 unspecified atom stereocenters. The largest absolute Gasteiger partial charge is 0.369 e. The van der Waals surface area contributed by atoms with E-state index in [2.05, 4.69) is 44.5 Å². The van der Waals surface area contributed by atoms with Crippen LogP contribution in [0.2, 0.25) is 5.15 Å². The van der Waals surface area contributed by atoms with Crippen LogP contribution < -0.4 is 5.32 Å². The van der Waals surface area contributed by atoms with Gasteiger partial charge in [-0.05, 0) is 24.8 Å². The number of fused-ring (bicyclic) bond motifs is 1. The third-order valence-corrected chi connectivity index (χ3v) is 3.96. The molecule has 0 saturated heterocycles. The average Bonchev–Trinajstić information content (AvgIpc) is 2.29. The van der Waals surface area contributed by atoms with Gasteiger partial charge in [0.05, 0.1) is 5.56 Å². The average molecular weight is 350 g/mol. The van der Waals surface area contributed by atoms with E-state index in [0.29, 0.717) is 9.08 Å². The Hall–Kier alpha value is -0.360. The number of alkyl halides is 1. The SMILES string of the molecule is C=C1CC(I)CCCNc2ncnc(Cl)c21. The second-order valence-electron chi connectivity index (χ2n) is 3.86. The minimum Gasteiger partial charge on any atom is -0.369 e. The van der Waals surface area contributed by atoms with Crippen molar-refractivity contribution in [3.8, 4) is 0 Å². The molecule has 3 nitrogen and oxygen atoms in total. The van der Waals surface area contributed by atoms with Gasteiger partial charge >= 0.3 is 0 Å². The van der Waals surface area contributed by atoms with Crippen LogP contribution in [0.5, 0.6) is 0 Å². The van der Waals surface area contributed by atoms with Gasteiger partial charge in [-0.2, -0.15) is 0 Å². The van der Waals surface area contributed by atoms with E-state index in [4.69, 9.17) is 11.6 Å². The van der Waals surface area contributed by atoms with Gasteiger partial charge in [0, 0.05) is 10.5 Å². The van der Waals surface area contributed by atoms with Crippen LogP contribution in [0.25, 0.3) is 5.57 Å². The molecule has 1 aromatic heterocycles. The van der Waals surface area contributed by atoms with Gasteiger partial charge in [0.15, 0.2) is 0 Å². The Morgan fingerprint density at radius 2 is 2.31 bits per heavy atom. The summed E-state index contributed by atoms with van der Waals surface area (Å²) in [6, 6.07) is 0. The maximum atomic E-state index is 6.11. The number of hydrogen-bond donors (Lipinski definition) is 1. The quantitative estimate of drug-likeness (QED) is 0.442. The first-order valence-electron chi connectivity index (χ1n) is 5.25. The van der Waals surface area contributed by atoms with Gasteiger partial charge in [-0.15, -0.1) is 0 Å². The molecular weight excluding hydrogens is 336 g/mol. The van der Waals surface area contributed by atoms with Crippen molar-refractivity contribution in [1.29, 1.82) is 0 Å². The third-order valence-electron chi connectivity index (χ3n) is 2.61. The Bertz CT molecular complexity index is 408. The first-order valence-corrected chi connectivity index (χ1v) is 6.87. The van der Waals surface area contributed by atoms with E-state index in [0.717, 1.165) is 36.3 Å². The van der Waals surface area contributed by atoms with Crippen LogP contribution in [0.15, 0.2) is 12.9 Å². The highest BCUT2D eigenvalue weighted by Crippen LogP contribution is 2.33. The number of allylic oxidation sites excluding steroid dienone is 1. The Morgan fingerprint density at radius 3 is 3.12 bits per heavy atom. The number of hydrogen-bond acceptors (Lipinski definition) is 3. The molecule has 0 fully saturated rings. The van der Waals surface area contributed by atoms with Crippen LogP contribution >= 0.6 is 34.2 Å². The van der Waals surface area contributed by atoms with Crippen LogP contribution in [0.3, 0.4) is 0 Å². The first kappa shape index (κ1) is 12.1. The standard InChI is InChI=1S/C11H13ClIN3/c1-7-5-8(13)3-2-4-14-11-9(7)10(12)15-6-16-11/h6,8H,1-5H2,(H,14,15,16). The van der Waals surface area contributed by atoms with Gasteiger partial charge < -0.3 is 5.32 Å². The topological polar surface area (TPSA) is 37.8 Å². The van der Waals surface area contributed by atoms with Crippen molar-refractivity contribution in [1.82, 2.24) is 9.97 Å². The summed E-state index contributed by atoms with van der Waals surface area (Å²) < 4.78 is 0.606. The van der Waals surface area contributed by atoms with Crippen LogP contribution in [0.4, 0.5) is 5.82 Å². The molecule has 5 heteroatoms. The lowest BCUT2D eigenvalue weighted by molar-refractivity contribution is 0.751. The summed E-state index contributed by atoms with van der Waals surface area (Å²) in [5.41, 5.74) is 1.90. The van der Waals surface area contributed by atoms with E-state index in [9.17, 15) is 0 Å². The monoisotopic (exact) mass is 349 g/mol. The molecular formula is C11H13ClIN3. The molecule has 2 rings (SSSR count). The minimum atomic E-state index is 0.494. The number of nitrogens with one attached hydrogen (secondary N) is 1. The predicted octanol–water partition coefficient (Wildman–Crippen LogP) is 3.54. The molecule has 1 atom stereocenters. The lowest BCUT2D eigenvalue weighted by Crippen LogP contribution is -2.05. The van der Waals surface area contributed by atoms with Crippen molar-refractivity contribution in [2.75, 3.05) is 11.9 Å². The molecule has 0 spiro atoms. The van der Waals surface area contributed by atoms with E-state index in [1.807, 2.05) is 0 Å². The Kier molecular flexibility index (Phi) is 4.02. The summed E-state index contributed by atoms with van der Waals surface area (Å²) in [7, 11) is 0. The van der Waals surface area contributed by atoms with E-state index in [-0.39, 0.29) is 0 Å². The summed E-state index contributed by atoms with van der Waals surface area (Å²) in [5.74, 6) is 0.815. The highest BCUT2D eigenvalue weighted by molar-refractivity contribution is 14.1. The van der Waals surface area contributed by atoms with Crippen LogP contribution in [-0.4, -0.2) is 20.4 Å². The molecule has 16 heavy (non-hydrogen) atoms. The van der Waals surface area contributed by atoms with Gasteiger partial charge in [-0.25, -0.2) is 9.97 Å². The second kappa shape index (κ2) is 5.31. The van der Waals surface area contributed by atoms with Crippen LogP contribution in [0, 0.1) is 0 Å². The molecule has 0 amide bonds. The van der Waals surface area contributed by atoms with Gasteiger partial charge in [-0.1, -0.05) is 40.8 Å².